The molecular weight excluding hydrogens is 260 g/mol. The molecule has 0 radical (unpaired) electrons. The highest BCUT2D eigenvalue weighted by atomic mass is 16.2. The van der Waals surface area contributed by atoms with Gasteiger partial charge in [0.2, 0.25) is 5.91 Å². The lowest BCUT2D eigenvalue weighted by atomic mass is 9.88. The zero-order valence-corrected chi connectivity index (χ0v) is 13.4. The molecule has 3 nitrogen and oxygen atoms in total. The van der Waals surface area contributed by atoms with Crippen molar-refractivity contribution in [3.63, 3.8) is 0 Å². The molecule has 1 amide bonds. The zero-order chi connectivity index (χ0) is 14.7. The van der Waals surface area contributed by atoms with E-state index in [0.717, 1.165) is 0 Å². The smallest absolute Gasteiger partial charge is 0.224 e. The van der Waals surface area contributed by atoms with Gasteiger partial charge in [-0.3, -0.25) is 4.79 Å². The van der Waals surface area contributed by atoms with Crippen molar-refractivity contribution in [3.8, 4) is 0 Å². The first-order chi connectivity index (χ1) is 10.3. The van der Waals surface area contributed by atoms with Crippen LogP contribution in [0.15, 0.2) is 0 Å². The number of hydrogen-bond acceptors (Lipinski definition) is 2. The molecule has 0 saturated heterocycles. The Kier molecular flexibility index (Phi) is 5.20. The quantitative estimate of drug-likeness (QED) is 0.841. The first-order valence-electron chi connectivity index (χ1n) is 9.32. The maximum absolute atomic E-state index is 12.9. The number of amides is 1. The van der Waals surface area contributed by atoms with Crippen LogP contribution in [0.5, 0.6) is 0 Å². The molecule has 1 unspecified atom stereocenters. The largest absolute Gasteiger partial charge is 0.337 e. The third-order valence-corrected chi connectivity index (χ3v) is 5.86. The van der Waals surface area contributed by atoms with Gasteiger partial charge in [0.1, 0.15) is 0 Å². The SMILES string of the molecule is NC(CC(=O)N(C1CCCCC1)C1CCCCC1)C1CC1. The van der Waals surface area contributed by atoms with E-state index in [9.17, 15) is 4.79 Å². The van der Waals surface area contributed by atoms with Gasteiger partial charge in [-0.1, -0.05) is 38.5 Å². The number of carbonyl (C=O) groups is 1. The number of hydrogen-bond donors (Lipinski definition) is 1. The Balaban J connectivity index is 1.65. The molecule has 3 aliphatic rings. The van der Waals surface area contributed by atoms with E-state index < -0.39 is 0 Å². The second-order valence-corrected chi connectivity index (χ2v) is 7.59. The van der Waals surface area contributed by atoms with Crippen molar-refractivity contribution < 1.29 is 4.79 Å². The van der Waals surface area contributed by atoms with E-state index >= 15 is 0 Å². The fourth-order valence-corrected chi connectivity index (χ4v) is 4.42. The van der Waals surface area contributed by atoms with Crippen molar-refractivity contribution in [1.82, 2.24) is 4.90 Å². The molecule has 0 aromatic heterocycles. The molecule has 0 spiro atoms. The normalized spacial score (nSPS) is 26.5. The summed E-state index contributed by atoms with van der Waals surface area (Å²) in [6, 6.07) is 1.15. The summed E-state index contributed by atoms with van der Waals surface area (Å²) in [7, 11) is 0. The Morgan fingerprint density at radius 1 is 0.857 bits per heavy atom. The molecule has 3 heteroatoms. The summed E-state index contributed by atoms with van der Waals surface area (Å²) in [5, 5.41) is 0. The molecule has 0 heterocycles. The van der Waals surface area contributed by atoms with Gasteiger partial charge >= 0.3 is 0 Å². The second kappa shape index (κ2) is 7.13. The number of rotatable bonds is 5. The molecule has 3 saturated carbocycles. The topological polar surface area (TPSA) is 46.3 Å². The van der Waals surface area contributed by atoms with Gasteiger partial charge in [0.25, 0.3) is 0 Å². The Morgan fingerprint density at radius 2 is 1.33 bits per heavy atom. The van der Waals surface area contributed by atoms with Gasteiger partial charge in [-0.25, -0.2) is 0 Å². The van der Waals surface area contributed by atoms with E-state index in [1.165, 1.54) is 77.0 Å². The van der Waals surface area contributed by atoms with Crippen LogP contribution in [0.2, 0.25) is 0 Å². The summed E-state index contributed by atoms with van der Waals surface area (Å²) < 4.78 is 0. The molecule has 0 bridgehead atoms. The predicted octanol–water partition coefficient (Wildman–Crippen LogP) is 3.61. The molecule has 3 aliphatic carbocycles. The second-order valence-electron chi connectivity index (χ2n) is 7.59. The van der Waals surface area contributed by atoms with Crippen molar-refractivity contribution in [2.45, 2.75) is 102 Å². The summed E-state index contributed by atoms with van der Waals surface area (Å²) in [5.41, 5.74) is 6.23. The van der Waals surface area contributed by atoms with E-state index in [-0.39, 0.29) is 6.04 Å². The maximum Gasteiger partial charge on any atom is 0.224 e. The Morgan fingerprint density at radius 3 is 1.76 bits per heavy atom. The maximum atomic E-state index is 12.9. The van der Waals surface area contributed by atoms with Crippen LogP contribution in [0.25, 0.3) is 0 Å². The standard InChI is InChI=1S/C18H32N2O/c19-17(14-11-12-14)13-18(21)20(15-7-3-1-4-8-15)16-9-5-2-6-10-16/h14-17H,1-13,19H2. The highest BCUT2D eigenvalue weighted by Gasteiger charge is 2.36. The minimum Gasteiger partial charge on any atom is -0.337 e. The molecule has 120 valence electrons. The minimum atomic E-state index is 0.118. The predicted molar refractivity (Wildman–Crippen MR) is 85.9 cm³/mol. The highest BCUT2D eigenvalue weighted by Crippen LogP contribution is 2.35. The molecular formula is C18H32N2O. The molecule has 0 aromatic carbocycles. The van der Waals surface area contributed by atoms with Crippen molar-refractivity contribution in [1.29, 1.82) is 0 Å². The van der Waals surface area contributed by atoms with Crippen LogP contribution < -0.4 is 5.73 Å². The van der Waals surface area contributed by atoms with Crippen LogP contribution in [-0.4, -0.2) is 28.9 Å². The van der Waals surface area contributed by atoms with Crippen molar-refractivity contribution >= 4 is 5.91 Å². The number of nitrogens with zero attached hydrogens (tertiary/aromatic N) is 1. The average Bonchev–Trinajstić information content (AvgIpc) is 3.34. The van der Waals surface area contributed by atoms with Gasteiger partial charge in [0, 0.05) is 24.5 Å². The third-order valence-electron chi connectivity index (χ3n) is 5.86. The first-order valence-corrected chi connectivity index (χ1v) is 9.32. The summed E-state index contributed by atoms with van der Waals surface area (Å²) in [5.74, 6) is 1.00. The van der Waals surface area contributed by atoms with Crippen molar-refractivity contribution in [2.24, 2.45) is 11.7 Å². The van der Waals surface area contributed by atoms with Gasteiger partial charge in [-0.05, 0) is 44.4 Å². The fraction of sp³-hybridized carbons (Fsp3) is 0.944. The summed E-state index contributed by atoms with van der Waals surface area (Å²) in [4.78, 5) is 15.3. The van der Waals surface area contributed by atoms with E-state index in [0.29, 0.717) is 30.3 Å². The van der Waals surface area contributed by atoms with Crippen LogP contribution in [0.4, 0.5) is 0 Å². The third kappa shape index (κ3) is 4.00. The van der Waals surface area contributed by atoms with Crippen LogP contribution in [0.1, 0.15) is 83.5 Å². The van der Waals surface area contributed by atoms with Crippen LogP contribution >= 0.6 is 0 Å². The van der Waals surface area contributed by atoms with Crippen molar-refractivity contribution in [3.05, 3.63) is 0 Å². The lowest BCUT2D eigenvalue weighted by Gasteiger charge is -2.42. The van der Waals surface area contributed by atoms with Crippen LogP contribution in [-0.2, 0) is 4.79 Å². The highest BCUT2D eigenvalue weighted by molar-refractivity contribution is 5.77. The molecule has 3 rings (SSSR count). The van der Waals surface area contributed by atoms with Gasteiger partial charge in [0.15, 0.2) is 0 Å². The zero-order valence-electron chi connectivity index (χ0n) is 13.4. The van der Waals surface area contributed by atoms with Gasteiger partial charge in [-0.2, -0.15) is 0 Å². The van der Waals surface area contributed by atoms with Crippen LogP contribution in [0, 0.1) is 5.92 Å². The van der Waals surface area contributed by atoms with Gasteiger partial charge in [-0.15, -0.1) is 0 Å². The summed E-state index contributed by atoms with van der Waals surface area (Å²) in [6.07, 6.45) is 15.9. The minimum absolute atomic E-state index is 0.118. The van der Waals surface area contributed by atoms with E-state index in [1.54, 1.807) is 0 Å². The lowest BCUT2D eigenvalue weighted by molar-refractivity contribution is -0.138. The molecule has 21 heavy (non-hydrogen) atoms. The first kappa shape index (κ1) is 15.3. The number of carbonyl (C=O) groups excluding carboxylic acids is 1. The van der Waals surface area contributed by atoms with E-state index in [1.807, 2.05) is 0 Å². The Bertz CT molecular complexity index is 323. The molecule has 2 N–H and O–H groups in total. The molecule has 0 aromatic rings. The molecule has 1 atom stereocenters. The Labute approximate surface area is 129 Å². The fourth-order valence-electron chi connectivity index (χ4n) is 4.42. The molecule has 0 aliphatic heterocycles. The van der Waals surface area contributed by atoms with Crippen LogP contribution in [0.3, 0.4) is 0 Å². The Hall–Kier alpha value is -0.570. The number of nitrogens with two attached hydrogens (primary N) is 1. The van der Waals surface area contributed by atoms with Gasteiger partial charge in [0.05, 0.1) is 0 Å². The van der Waals surface area contributed by atoms with Crippen molar-refractivity contribution in [2.75, 3.05) is 0 Å². The monoisotopic (exact) mass is 292 g/mol. The van der Waals surface area contributed by atoms with E-state index in [4.69, 9.17) is 5.73 Å². The summed E-state index contributed by atoms with van der Waals surface area (Å²) in [6.45, 7) is 0. The summed E-state index contributed by atoms with van der Waals surface area (Å²) >= 11 is 0. The van der Waals surface area contributed by atoms with E-state index in [2.05, 4.69) is 4.90 Å². The molecule has 3 fully saturated rings. The van der Waals surface area contributed by atoms with Gasteiger partial charge < -0.3 is 10.6 Å². The average molecular weight is 292 g/mol. The lowest BCUT2D eigenvalue weighted by Crippen LogP contribution is -2.50.